The Bertz CT molecular complexity index is 746. The molecule has 0 amide bonds. The Balaban J connectivity index is 5.57. The fraction of sp³-hybridized carbons (Fsp3) is 1.00. The van der Waals surface area contributed by atoms with Gasteiger partial charge in [0.2, 0.25) is 0 Å². The lowest BCUT2D eigenvalue weighted by Crippen LogP contribution is -2.42. The van der Waals surface area contributed by atoms with Crippen molar-refractivity contribution in [2.75, 3.05) is 25.7 Å². The largest absolute Gasteiger partial charge is 0.397 e. The van der Waals surface area contributed by atoms with Gasteiger partial charge < -0.3 is 0 Å². The van der Waals surface area contributed by atoms with Crippen LogP contribution in [0.3, 0.4) is 0 Å². The van der Waals surface area contributed by atoms with Crippen molar-refractivity contribution in [3.05, 3.63) is 0 Å². The Morgan fingerprint density at radius 1 is 0.667 bits per heavy atom. The molecule has 0 spiro atoms. The van der Waals surface area contributed by atoms with Gasteiger partial charge in [-0.3, -0.25) is 17.5 Å². The maximum absolute atomic E-state index is 10.9. The Morgan fingerprint density at radius 3 is 1.08 bits per heavy atom. The van der Waals surface area contributed by atoms with Crippen LogP contribution in [0.1, 0.15) is 0 Å². The summed E-state index contributed by atoms with van der Waals surface area (Å²) in [4.78, 5) is 0. The van der Waals surface area contributed by atoms with Crippen LogP contribution in [0.5, 0.6) is 0 Å². The molecule has 0 aliphatic carbocycles. The molecule has 0 fully saturated rings. The van der Waals surface area contributed by atoms with Crippen LogP contribution in [0.15, 0.2) is 0 Å². The molecule has 0 heterocycles. The summed E-state index contributed by atoms with van der Waals surface area (Å²) in [7, 11) is -18.9. The van der Waals surface area contributed by atoms with E-state index in [9.17, 15) is 33.7 Å². The molecular weight excluding hydrogens is 424 g/mol. The van der Waals surface area contributed by atoms with Crippen LogP contribution >= 0.6 is 0 Å². The van der Waals surface area contributed by atoms with Crippen LogP contribution in [-0.4, -0.2) is 80.7 Å². The first-order valence-corrected chi connectivity index (χ1v) is 11.7. The second-order valence-electron chi connectivity index (χ2n) is 4.10. The summed E-state index contributed by atoms with van der Waals surface area (Å²) in [5.74, 6) is 0. The maximum Gasteiger partial charge on any atom is 0.397 e. The topological polar surface area (TPSA) is 214 Å². The Kier molecular flexibility index (Phi) is 8.14. The van der Waals surface area contributed by atoms with E-state index in [4.69, 9.17) is 9.11 Å². The highest BCUT2D eigenvalue weighted by Crippen LogP contribution is 2.13. The van der Waals surface area contributed by atoms with Crippen LogP contribution in [0.4, 0.5) is 0 Å². The zero-order valence-corrected chi connectivity index (χ0v) is 15.3. The van der Waals surface area contributed by atoms with Crippen LogP contribution in [0, 0.1) is 0 Å². The zero-order chi connectivity index (χ0) is 19.4. The summed E-state index contributed by atoms with van der Waals surface area (Å²) in [5.41, 5.74) is 0. The van der Waals surface area contributed by atoms with Gasteiger partial charge in [-0.1, -0.05) is 0 Å². The van der Waals surface area contributed by atoms with Crippen molar-refractivity contribution >= 4 is 41.0 Å². The molecule has 0 rings (SSSR count). The third-order valence-corrected chi connectivity index (χ3v) is 3.91. The van der Waals surface area contributed by atoms with Crippen molar-refractivity contribution in [2.24, 2.45) is 0 Å². The van der Waals surface area contributed by atoms with Gasteiger partial charge in [-0.25, -0.2) is 8.37 Å². The summed E-state index contributed by atoms with van der Waals surface area (Å²) < 4.78 is 120. The van der Waals surface area contributed by atoms with Crippen molar-refractivity contribution in [2.45, 2.75) is 12.2 Å². The highest BCUT2D eigenvalue weighted by Gasteiger charge is 2.34. The molecule has 146 valence electrons. The summed E-state index contributed by atoms with van der Waals surface area (Å²) in [6.07, 6.45) is -3.36. The summed E-state index contributed by atoms with van der Waals surface area (Å²) in [6, 6.07) is 0. The first kappa shape index (κ1) is 23.6. The van der Waals surface area contributed by atoms with Crippen molar-refractivity contribution in [3.8, 4) is 0 Å². The molecule has 0 radical (unpaired) electrons. The van der Waals surface area contributed by atoms with Crippen LogP contribution in [0.2, 0.25) is 0 Å². The van der Waals surface area contributed by atoms with Crippen molar-refractivity contribution in [3.63, 3.8) is 0 Å². The minimum absolute atomic E-state index is 0.545. The second-order valence-corrected chi connectivity index (χ2v) is 9.49. The van der Waals surface area contributed by atoms with Crippen LogP contribution < -0.4 is 0 Å². The quantitative estimate of drug-likeness (QED) is 0.248. The van der Waals surface area contributed by atoms with E-state index in [1.54, 1.807) is 0 Å². The van der Waals surface area contributed by atoms with E-state index in [1.807, 2.05) is 0 Å². The number of rotatable bonds is 11. The van der Waals surface area contributed by atoms with Gasteiger partial charge in [-0.15, -0.1) is 0 Å². The average Bonchev–Trinajstić information content (AvgIpc) is 2.25. The van der Waals surface area contributed by atoms with Gasteiger partial charge in [-0.2, -0.15) is 33.7 Å². The monoisotopic (exact) mass is 438 g/mol. The highest BCUT2D eigenvalue weighted by atomic mass is 32.3. The lowest BCUT2D eigenvalue weighted by Gasteiger charge is -2.23. The predicted octanol–water partition coefficient (Wildman–Crippen LogP) is -2.69. The molecule has 0 saturated carbocycles. The van der Waals surface area contributed by atoms with E-state index < -0.39 is 66.5 Å². The first-order valence-electron chi connectivity index (χ1n) is 5.38. The molecule has 0 aliphatic rings. The molecule has 0 saturated heterocycles. The van der Waals surface area contributed by atoms with E-state index in [0.717, 1.165) is 0 Å². The molecule has 0 aromatic carbocycles. The normalized spacial score (nSPS) is 16.7. The van der Waals surface area contributed by atoms with E-state index in [1.165, 1.54) is 0 Å². The molecule has 0 bridgehead atoms. The Morgan fingerprint density at radius 2 is 0.917 bits per heavy atom. The molecule has 14 nitrogen and oxygen atoms in total. The standard InChI is InChI=1S/C6H14O14S4/c1-21(7,8)17-3-5(19-23(11,12)13)6(20-24(14,15)16)4-18-22(2,9)10/h5-6H,3-4H2,1-2H3,(H,11,12,13)(H,14,15,16)/t5-,6-/m0/s1. The predicted molar refractivity (Wildman–Crippen MR) is 74.4 cm³/mol. The van der Waals surface area contributed by atoms with E-state index in [0.29, 0.717) is 12.5 Å². The number of hydrogen-bond acceptors (Lipinski definition) is 12. The summed E-state index contributed by atoms with van der Waals surface area (Å²) >= 11 is 0. The molecule has 0 aliphatic heterocycles. The molecule has 0 unspecified atom stereocenters. The molecule has 0 aromatic rings. The molecule has 18 heteroatoms. The SMILES string of the molecule is CS(=O)(=O)OC[C@H](OS(=O)(=O)O)[C@H](COS(C)(=O)=O)OS(=O)(=O)O. The van der Waals surface area contributed by atoms with E-state index in [-0.39, 0.29) is 0 Å². The third kappa shape index (κ3) is 13.9. The van der Waals surface area contributed by atoms with Gasteiger partial charge in [0, 0.05) is 0 Å². The lowest BCUT2D eigenvalue weighted by molar-refractivity contribution is -0.00228. The van der Waals surface area contributed by atoms with Gasteiger partial charge in [0.15, 0.2) is 0 Å². The van der Waals surface area contributed by atoms with Gasteiger partial charge in [0.05, 0.1) is 25.7 Å². The Hall–Kier alpha value is -0.440. The lowest BCUT2D eigenvalue weighted by atomic mass is 10.2. The van der Waals surface area contributed by atoms with Crippen molar-refractivity contribution in [1.82, 2.24) is 0 Å². The fourth-order valence-corrected chi connectivity index (χ4v) is 2.83. The minimum atomic E-state index is -5.28. The van der Waals surface area contributed by atoms with Gasteiger partial charge in [-0.05, 0) is 0 Å². The number of hydrogen-bond donors (Lipinski definition) is 2. The van der Waals surface area contributed by atoms with Crippen molar-refractivity contribution < 1.29 is 59.5 Å². The fourth-order valence-electron chi connectivity index (χ4n) is 1.09. The van der Waals surface area contributed by atoms with Gasteiger partial charge in [0.1, 0.15) is 12.2 Å². The molecule has 2 atom stereocenters. The molecule has 2 N–H and O–H groups in total. The van der Waals surface area contributed by atoms with Crippen molar-refractivity contribution in [1.29, 1.82) is 0 Å². The van der Waals surface area contributed by atoms with Crippen LogP contribution in [0.25, 0.3) is 0 Å². The molecule has 24 heavy (non-hydrogen) atoms. The van der Waals surface area contributed by atoms with Gasteiger partial charge >= 0.3 is 20.8 Å². The van der Waals surface area contributed by atoms with E-state index >= 15 is 0 Å². The molecule has 0 aromatic heterocycles. The van der Waals surface area contributed by atoms with E-state index in [2.05, 4.69) is 16.7 Å². The first-order chi connectivity index (χ1) is 10.4. The van der Waals surface area contributed by atoms with Gasteiger partial charge in [0.25, 0.3) is 20.2 Å². The van der Waals surface area contributed by atoms with Crippen LogP contribution in [-0.2, 0) is 57.8 Å². The molecular formula is C6H14O14S4. The Labute approximate surface area is 138 Å². The summed E-state index contributed by atoms with van der Waals surface area (Å²) in [5, 5.41) is 0. The highest BCUT2D eigenvalue weighted by molar-refractivity contribution is 7.86. The third-order valence-electron chi connectivity index (χ3n) is 1.80. The smallest absolute Gasteiger partial charge is 0.267 e. The summed E-state index contributed by atoms with van der Waals surface area (Å²) in [6.45, 7) is -2.46. The second kappa shape index (κ2) is 8.29. The maximum atomic E-state index is 10.9. The average molecular weight is 438 g/mol. The zero-order valence-electron chi connectivity index (χ0n) is 12.0. The minimum Gasteiger partial charge on any atom is -0.267 e.